The lowest BCUT2D eigenvalue weighted by molar-refractivity contribution is -0.384. The van der Waals surface area contributed by atoms with Gasteiger partial charge in [-0.25, -0.2) is 9.97 Å². The molecule has 3 aromatic rings. The number of hydrogen-bond donors (Lipinski definition) is 1. The number of anilines is 1. The molecule has 1 saturated heterocycles. The summed E-state index contributed by atoms with van der Waals surface area (Å²) in [7, 11) is 0. The smallest absolute Gasteiger partial charge is 0.287 e. The fraction of sp³-hybridized carbons (Fsp3) is 0.318. The monoisotopic (exact) mass is 421 g/mol. The summed E-state index contributed by atoms with van der Waals surface area (Å²) in [6, 6.07) is 11.8. The van der Waals surface area contributed by atoms with Gasteiger partial charge < -0.3 is 14.6 Å². The fourth-order valence-corrected chi connectivity index (χ4v) is 3.67. The van der Waals surface area contributed by atoms with Gasteiger partial charge in [0.2, 0.25) is 0 Å². The molecule has 0 saturated carbocycles. The van der Waals surface area contributed by atoms with E-state index in [-0.39, 0.29) is 17.6 Å². The van der Waals surface area contributed by atoms with Gasteiger partial charge in [-0.1, -0.05) is 12.1 Å². The van der Waals surface area contributed by atoms with Gasteiger partial charge in [0.1, 0.15) is 11.6 Å². The number of carbonyl (C=O) groups excluding carboxylic acids is 1. The second-order valence-corrected chi connectivity index (χ2v) is 7.64. The Morgan fingerprint density at radius 3 is 2.61 bits per heavy atom. The molecule has 0 spiro atoms. The third-order valence-corrected chi connectivity index (χ3v) is 5.27. The highest BCUT2D eigenvalue weighted by Crippen LogP contribution is 2.25. The number of nitrogens with zero attached hydrogens (tertiary/aromatic N) is 4. The molecule has 1 aromatic carbocycles. The number of hydrogen-bond acceptors (Lipinski definition) is 7. The topological polar surface area (TPSA) is 114 Å². The fourth-order valence-electron chi connectivity index (χ4n) is 3.67. The molecule has 9 nitrogen and oxygen atoms in total. The summed E-state index contributed by atoms with van der Waals surface area (Å²) in [5.74, 6) is 2.08. The van der Waals surface area contributed by atoms with E-state index in [0.717, 1.165) is 37.4 Å². The minimum absolute atomic E-state index is 0.00691. The van der Waals surface area contributed by atoms with E-state index in [9.17, 15) is 14.9 Å². The molecular weight excluding hydrogens is 398 g/mol. The summed E-state index contributed by atoms with van der Waals surface area (Å²) < 4.78 is 5.39. The minimum atomic E-state index is -0.427. The lowest BCUT2D eigenvalue weighted by Gasteiger charge is -2.33. The highest BCUT2D eigenvalue weighted by atomic mass is 16.6. The zero-order valence-electron chi connectivity index (χ0n) is 17.4. The number of rotatable bonds is 5. The molecule has 0 radical (unpaired) electrons. The number of nitro benzene ring substituents is 1. The van der Waals surface area contributed by atoms with E-state index < -0.39 is 4.92 Å². The molecule has 31 heavy (non-hydrogen) atoms. The Labute approximate surface area is 179 Å². The highest BCUT2D eigenvalue weighted by molar-refractivity contribution is 5.91. The van der Waals surface area contributed by atoms with Crippen LogP contribution in [0.1, 0.15) is 34.9 Å². The molecule has 2 aromatic heterocycles. The van der Waals surface area contributed by atoms with Crippen molar-refractivity contribution in [3.05, 3.63) is 69.8 Å². The third-order valence-electron chi connectivity index (χ3n) is 5.27. The number of amides is 1. The van der Waals surface area contributed by atoms with Crippen LogP contribution in [0.2, 0.25) is 0 Å². The van der Waals surface area contributed by atoms with Crippen LogP contribution >= 0.6 is 0 Å². The first-order chi connectivity index (χ1) is 14.9. The molecule has 1 N–H and O–H groups in total. The van der Waals surface area contributed by atoms with Gasteiger partial charge in [-0.3, -0.25) is 14.9 Å². The van der Waals surface area contributed by atoms with Crippen molar-refractivity contribution in [2.45, 2.75) is 32.7 Å². The number of aromatic nitrogens is 2. The Bertz CT molecular complexity index is 1120. The van der Waals surface area contributed by atoms with Crippen LogP contribution in [-0.2, 0) is 0 Å². The van der Waals surface area contributed by atoms with Crippen LogP contribution in [0.5, 0.6) is 0 Å². The number of nitro groups is 1. The van der Waals surface area contributed by atoms with Crippen LogP contribution in [0.15, 0.2) is 46.9 Å². The van der Waals surface area contributed by atoms with Crippen LogP contribution in [0.4, 0.5) is 11.5 Å². The van der Waals surface area contributed by atoms with Crippen LogP contribution < -0.4 is 10.2 Å². The lowest BCUT2D eigenvalue weighted by Crippen LogP contribution is -2.45. The predicted molar refractivity (Wildman–Crippen MR) is 115 cm³/mol. The summed E-state index contributed by atoms with van der Waals surface area (Å²) in [6.45, 7) is 5.14. The number of non-ortho nitro benzene ring substituents is 1. The Morgan fingerprint density at radius 1 is 1.16 bits per heavy atom. The molecule has 0 atom stereocenters. The molecule has 3 heterocycles. The Hall–Kier alpha value is -3.75. The van der Waals surface area contributed by atoms with Crippen LogP contribution in [-0.4, -0.2) is 39.9 Å². The lowest BCUT2D eigenvalue weighted by atomic mass is 10.0. The number of piperidine rings is 1. The molecule has 0 aliphatic carbocycles. The Morgan fingerprint density at radius 2 is 1.94 bits per heavy atom. The molecular formula is C22H23N5O4. The molecule has 160 valence electrons. The summed E-state index contributed by atoms with van der Waals surface area (Å²) in [6.07, 6.45) is 1.56. The van der Waals surface area contributed by atoms with Gasteiger partial charge in [-0.05, 0) is 38.8 Å². The van der Waals surface area contributed by atoms with E-state index in [1.165, 1.54) is 12.1 Å². The number of benzene rings is 1. The molecule has 0 bridgehead atoms. The van der Waals surface area contributed by atoms with Crippen molar-refractivity contribution in [2.24, 2.45) is 0 Å². The van der Waals surface area contributed by atoms with Crippen LogP contribution in [0, 0.1) is 24.0 Å². The second-order valence-electron chi connectivity index (χ2n) is 7.64. The Balaban J connectivity index is 1.44. The molecule has 1 aliphatic rings. The average Bonchev–Trinajstić information content (AvgIpc) is 3.20. The standard InChI is InChI=1S/C22H23N5O4/c1-14-12-20(25-21(23-14)16-4-3-5-18(13-16)27(29)30)26-10-8-17(9-11-26)24-22(28)19-7-6-15(2)31-19/h3-7,12-13,17H,8-11H2,1-2H3,(H,24,28). The maximum Gasteiger partial charge on any atom is 0.287 e. The van der Waals surface area contributed by atoms with Crippen molar-refractivity contribution in [2.75, 3.05) is 18.0 Å². The number of carbonyl (C=O) groups is 1. The molecule has 0 unspecified atom stereocenters. The van der Waals surface area contributed by atoms with Gasteiger partial charge in [0.15, 0.2) is 11.6 Å². The van der Waals surface area contributed by atoms with Gasteiger partial charge >= 0.3 is 0 Å². The average molecular weight is 421 g/mol. The number of aryl methyl sites for hydroxylation is 2. The predicted octanol–water partition coefficient (Wildman–Crippen LogP) is 3.66. The first-order valence-electron chi connectivity index (χ1n) is 10.1. The van der Waals surface area contributed by atoms with Crippen molar-refractivity contribution >= 4 is 17.4 Å². The quantitative estimate of drug-likeness (QED) is 0.494. The van der Waals surface area contributed by atoms with Crippen LogP contribution in [0.3, 0.4) is 0 Å². The van der Waals surface area contributed by atoms with E-state index in [1.807, 2.05) is 13.0 Å². The summed E-state index contributed by atoms with van der Waals surface area (Å²) in [4.78, 5) is 34.2. The van der Waals surface area contributed by atoms with E-state index in [4.69, 9.17) is 4.42 Å². The molecule has 1 aliphatic heterocycles. The number of nitrogens with one attached hydrogen (secondary N) is 1. The molecule has 1 amide bonds. The molecule has 4 rings (SSSR count). The summed E-state index contributed by atoms with van der Waals surface area (Å²) in [5.41, 5.74) is 1.40. The van der Waals surface area contributed by atoms with Gasteiger partial charge in [0.05, 0.1) is 4.92 Å². The van der Waals surface area contributed by atoms with Crippen LogP contribution in [0.25, 0.3) is 11.4 Å². The van der Waals surface area contributed by atoms with Crippen molar-refractivity contribution in [3.8, 4) is 11.4 Å². The minimum Gasteiger partial charge on any atom is -0.456 e. The van der Waals surface area contributed by atoms with Gasteiger partial charge in [0.25, 0.3) is 11.6 Å². The van der Waals surface area contributed by atoms with E-state index in [0.29, 0.717) is 22.9 Å². The van der Waals surface area contributed by atoms with Gasteiger partial charge in [-0.2, -0.15) is 0 Å². The highest BCUT2D eigenvalue weighted by Gasteiger charge is 2.24. The van der Waals surface area contributed by atoms with Crippen molar-refractivity contribution in [1.29, 1.82) is 0 Å². The zero-order chi connectivity index (χ0) is 22.0. The van der Waals surface area contributed by atoms with Gasteiger partial charge in [0, 0.05) is 48.6 Å². The third kappa shape index (κ3) is 4.71. The van der Waals surface area contributed by atoms with E-state index in [1.54, 1.807) is 31.2 Å². The molecule has 9 heteroatoms. The first kappa shape index (κ1) is 20.5. The van der Waals surface area contributed by atoms with Crippen molar-refractivity contribution in [3.63, 3.8) is 0 Å². The zero-order valence-corrected chi connectivity index (χ0v) is 17.4. The SMILES string of the molecule is Cc1cc(N2CCC(NC(=O)c3ccc(C)o3)CC2)nc(-c2cccc([N+](=O)[O-])c2)n1. The normalized spacial score (nSPS) is 14.5. The largest absolute Gasteiger partial charge is 0.456 e. The first-order valence-corrected chi connectivity index (χ1v) is 10.1. The van der Waals surface area contributed by atoms with E-state index in [2.05, 4.69) is 20.2 Å². The maximum absolute atomic E-state index is 12.3. The molecule has 1 fully saturated rings. The Kier molecular flexibility index (Phi) is 5.66. The second kappa shape index (κ2) is 8.55. The van der Waals surface area contributed by atoms with Crippen molar-refractivity contribution < 1.29 is 14.1 Å². The van der Waals surface area contributed by atoms with E-state index >= 15 is 0 Å². The summed E-state index contributed by atoms with van der Waals surface area (Å²) in [5, 5.41) is 14.1. The van der Waals surface area contributed by atoms with Crippen molar-refractivity contribution in [1.82, 2.24) is 15.3 Å². The van der Waals surface area contributed by atoms with Gasteiger partial charge in [-0.15, -0.1) is 0 Å². The summed E-state index contributed by atoms with van der Waals surface area (Å²) >= 11 is 0. The number of furan rings is 1. The maximum atomic E-state index is 12.3.